The van der Waals surface area contributed by atoms with Crippen LogP contribution < -0.4 is 9.64 Å². The first-order valence-electron chi connectivity index (χ1n) is 9.09. The Kier molecular flexibility index (Phi) is 4.27. The summed E-state index contributed by atoms with van der Waals surface area (Å²) in [5.74, 6) is 1.15. The molecule has 1 saturated heterocycles. The second kappa shape index (κ2) is 6.58. The molecule has 3 aliphatic rings. The van der Waals surface area contributed by atoms with Gasteiger partial charge in [-0.25, -0.2) is 4.79 Å². The molecule has 25 heavy (non-hydrogen) atoms. The first-order chi connectivity index (χ1) is 12.2. The second-order valence-electron chi connectivity index (χ2n) is 7.13. The summed E-state index contributed by atoms with van der Waals surface area (Å²) in [6, 6.07) is 5.67. The van der Waals surface area contributed by atoms with Crippen molar-refractivity contribution in [2.75, 3.05) is 25.2 Å². The summed E-state index contributed by atoms with van der Waals surface area (Å²) in [6.45, 7) is 1.55. The maximum atomic E-state index is 13.0. The van der Waals surface area contributed by atoms with Gasteiger partial charge in [0, 0.05) is 19.0 Å². The summed E-state index contributed by atoms with van der Waals surface area (Å²) in [7, 11) is 1.62. The Morgan fingerprint density at radius 2 is 2.04 bits per heavy atom. The predicted molar refractivity (Wildman–Crippen MR) is 92.6 cm³/mol. The molecule has 2 amide bonds. The number of cyclic esters (lactones) is 1. The lowest BCUT2D eigenvalue weighted by Crippen LogP contribution is -2.43. The van der Waals surface area contributed by atoms with Crippen molar-refractivity contribution in [2.24, 2.45) is 5.92 Å². The molecule has 0 aromatic heterocycles. The van der Waals surface area contributed by atoms with E-state index >= 15 is 0 Å². The van der Waals surface area contributed by atoms with Gasteiger partial charge < -0.3 is 14.4 Å². The monoisotopic (exact) mass is 344 g/mol. The van der Waals surface area contributed by atoms with Crippen LogP contribution in [-0.4, -0.2) is 43.2 Å². The van der Waals surface area contributed by atoms with Gasteiger partial charge in [0.2, 0.25) is 5.91 Å². The first-order valence-corrected chi connectivity index (χ1v) is 9.09. The molecule has 1 saturated carbocycles. The fraction of sp³-hybridized carbons (Fsp3) is 0.579. The smallest absolute Gasteiger partial charge is 0.414 e. The van der Waals surface area contributed by atoms with Crippen LogP contribution in [0.4, 0.5) is 10.5 Å². The molecule has 6 heteroatoms. The van der Waals surface area contributed by atoms with E-state index in [9.17, 15) is 9.59 Å². The van der Waals surface area contributed by atoms with Crippen LogP contribution in [0.1, 0.15) is 37.7 Å². The molecule has 0 spiro atoms. The molecule has 6 nitrogen and oxygen atoms in total. The molecule has 0 unspecified atom stereocenters. The third kappa shape index (κ3) is 2.94. The van der Waals surface area contributed by atoms with E-state index in [4.69, 9.17) is 9.47 Å². The molecule has 2 heterocycles. The van der Waals surface area contributed by atoms with Crippen molar-refractivity contribution in [3.8, 4) is 5.75 Å². The van der Waals surface area contributed by atoms with Crippen LogP contribution in [0.25, 0.3) is 0 Å². The highest BCUT2D eigenvalue weighted by Crippen LogP contribution is 2.35. The van der Waals surface area contributed by atoms with Gasteiger partial charge in [-0.3, -0.25) is 9.69 Å². The summed E-state index contributed by atoms with van der Waals surface area (Å²) in [5.41, 5.74) is 1.77. The third-order valence-electron chi connectivity index (χ3n) is 5.62. The van der Waals surface area contributed by atoms with Crippen molar-refractivity contribution in [3.63, 3.8) is 0 Å². The van der Waals surface area contributed by atoms with Gasteiger partial charge in [-0.05, 0) is 43.0 Å². The van der Waals surface area contributed by atoms with E-state index in [1.54, 1.807) is 12.0 Å². The number of hydrogen-bond acceptors (Lipinski definition) is 4. The Labute approximate surface area is 147 Å². The van der Waals surface area contributed by atoms with Gasteiger partial charge in [0.25, 0.3) is 0 Å². The Morgan fingerprint density at radius 1 is 1.24 bits per heavy atom. The minimum atomic E-state index is -0.299. The van der Waals surface area contributed by atoms with Gasteiger partial charge in [0.15, 0.2) is 0 Å². The minimum Gasteiger partial charge on any atom is -0.497 e. The molecule has 1 aliphatic carbocycles. The highest BCUT2D eigenvalue weighted by Gasteiger charge is 2.38. The van der Waals surface area contributed by atoms with Gasteiger partial charge in [-0.1, -0.05) is 12.8 Å². The first kappa shape index (κ1) is 16.2. The zero-order valence-electron chi connectivity index (χ0n) is 14.6. The number of carbonyl (C=O) groups is 2. The third-order valence-corrected chi connectivity index (χ3v) is 5.62. The average molecular weight is 344 g/mol. The standard InChI is InChI=1S/C19H24N2O4/c1-24-16-6-7-17-14(10-16)11-20(18(22)13-4-2-3-5-13)9-8-15-12-25-19(23)21(15)17/h6-7,10,13,15H,2-5,8-9,11-12H2,1H3/t15-/m0/s1. The van der Waals surface area contributed by atoms with Gasteiger partial charge >= 0.3 is 6.09 Å². The molecule has 134 valence electrons. The number of rotatable bonds is 2. The number of anilines is 1. The SMILES string of the molecule is COc1ccc2c(c1)CN(C(=O)C1CCCC1)CC[C@H]1COC(=O)N21. The highest BCUT2D eigenvalue weighted by atomic mass is 16.6. The Morgan fingerprint density at radius 3 is 2.80 bits per heavy atom. The molecule has 0 radical (unpaired) electrons. The van der Waals surface area contributed by atoms with E-state index in [0.29, 0.717) is 19.7 Å². The Balaban J connectivity index is 1.68. The average Bonchev–Trinajstić information content (AvgIpc) is 3.26. The van der Waals surface area contributed by atoms with Crippen molar-refractivity contribution in [3.05, 3.63) is 23.8 Å². The fourth-order valence-electron chi connectivity index (χ4n) is 4.23. The molecular formula is C19H24N2O4. The van der Waals surface area contributed by atoms with E-state index in [0.717, 1.165) is 49.1 Å². The number of hydrogen-bond donors (Lipinski definition) is 0. The van der Waals surface area contributed by atoms with Gasteiger partial charge in [0.1, 0.15) is 12.4 Å². The summed E-state index contributed by atoms with van der Waals surface area (Å²) in [4.78, 5) is 28.9. The molecule has 2 aliphatic heterocycles. The van der Waals surface area contributed by atoms with Gasteiger partial charge in [-0.15, -0.1) is 0 Å². The molecule has 2 fully saturated rings. The number of benzene rings is 1. The van der Waals surface area contributed by atoms with Crippen LogP contribution in [0.3, 0.4) is 0 Å². The molecule has 0 bridgehead atoms. The molecule has 1 atom stereocenters. The topological polar surface area (TPSA) is 59.1 Å². The van der Waals surface area contributed by atoms with Crippen molar-refractivity contribution >= 4 is 17.7 Å². The second-order valence-corrected chi connectivity index (χ2v) is 7.13. The maximum Gasteiger partial charge on any atom is 0.414 e. The summed E-state index contributed by atoms with van der Waals surface area (Å²) in [5, 5.41) is 0. The number of methoxy groups -OCH3 is 1. The van der Waals surface area contributed by atoms with Crippen LogP contribution >= 0.6 is 0 Å². The van der Waals surface area contributed by atoms with E-state index in [1.165, 1.54) is 0 Å². The minimum absolute atomic E-state index is 0.0150. The molecular weight excluding hydrogens is 320 g/mol. The zero-order chi connectivity index (χ0) is 17.4. The number of nitrogens with zero attached hydrogens (tertiary/aromatic N) is 2. The van der Waals surface area contributed by atoms with E-state index in [-0.39, 0.29) is 24.0 Å². The lowest BCUT2D eigenvalue weighted by atomic mass is 10.0. The Hall–Kier alpha value is -2.24. The highest BCUT2D eigenvalue weighted by molar-refractivity contribution is 5.91. The number of amides is 2. The summed E-state index contributed by atoms with van der Waals surface area (Å²) < 4.78 is 10.6. The largest absolute Gasteiger partial charge is 0.497 e. The van der Waals surface area contributed by atoms with Gasteiger partial charge in [-0.2, -0.15) is 0 Å². The van der Waals surface area contributed by atoms with Crippen LogP contribution in [0.5, 0.6) is 5.75 Å². The number of carbonyl (C=O) groups excluding carboxylic acids is 2. The van der Waals surface area contributed by atoms with Crippen LogP contribution in [0, 0.1) is 5.92 Å². The van der Waals surface area contributed by atoms with E-state index < -0.39 is 0 Å². The van der Waals surface area contributed by atoms with Gasteiger partial charge in [0.05, 0.1) is 18.8 Å². The zero-order valence-corrected chi connectivity index (χ0v) is 14.6. The lowest BCUT2D eigenvalue weighted by molar-refractivity contribution is -0.136. The van der Waals surface area contributed by atoms with E-state index in [1.807, 2.05) is 23.1 Å². The van der Waals surface area contributed by atoms with Crippen LogP contribution in [-0.2, 0) is 16.1 Å². The van der Waals surface area contributed by atoms with Crippen molar-refractivity contribution in [1.29, 1.82) is 0 Å². The lowest BCUT2D eigenvalue weighted by Gasteiger charge is -2.33. The molecule has 0 N–H and O–H groups in total. The van der Waals surface area contributed by atoms with Crippen molar-refractivity contribution in [1.82, 2.24) is 4.90 Å². The molecule has 4 rings (SSSR count). The van der Waals surface area contributed by atoms with Crippen LogP contribution in [0.15, 0.2) is 18.2 Å². The summed E-state index contributed by atoms with van der Waals surface area (Å²) in [6.07, 6.45) is 4.73. The number of ether oxygens (including phenoxy) is 2. The predicted octanol–water partition coefficient (Wildman–Crippen LogP) is 2.94. The summed E-state index contributed by atoms with van der Waals surface area (Å²) >= 11 is 0. The quantitative estimate of drug-likeness (QED) is 0.828. The number of fused-ring (bicyclic) bond motifs is 3. The Bertz CT molecular complexity index is 684. The molecule has 1 aromatic rings. The van der Waals surface area contributed by atoms with Crippen LogP contribution in [0.2, 0.25) is 0 Å². The normalized spacial score (nSPS) is 23.6. The fourth-order valence-corrected chi connectivity index (χ4v) is 4.23. The van der Waals surface area contributed by atoms with E-state index in [2.05, 4.69) is 0 Å². The molecule has 1 aromatic carbocycles. The maximum absolute atomic E-state index is 13.0. The van der Waals surface area contributed by atoms with Crippen molar-refractivity contribution in [2.45, 2.75) is 44.7 Å². The van der Waals surface area contributed by atoms with Crippen molar-refractivity contribution < 1.29 is 19.1 Å².